The van der Waals surface area contributed by atoms with Crippen LogP contribution in [0.2, 0.25) is 0 Å². The first-order valence-corrected chi connectivity index (χ1v) is 5.55. The SMILES string of the molecule is CC(=O)NCCCCCN(O)C(C)(C)C. The lowest BCUT2D eigenvalue weighted by molar-refractivity contribution is -0.156. The number of hydroxylamine groups is 2. The highest BCUT2D eigenvalue weighted by molar-refractivity contribution is 5.72. The Balaban J connectivity index is 3.35. The summed E-state index contributed by atoms with van der Waals surface area (Å²) in [6.07, 6.45) is 2.94. The van der Waals surface area contributed by atoms with Gasteiger partial charge < -0.3 is 10.5 Å². The van der Waals surface area contributed by atoms with E-state index in [0.29, 0.717) is 6.54 Å². The number of hydrogen-bond acceptors (Lipinski definition) is 3. The van der Waals surface area contributed by atoms with E-state index in [2.05, 4.69) is 5.32 Å². The van der Waals surface area contributed by atoms with Gasteiger partial charge in [0.2, 0.25) is 5.91 Å². The van der Waals surface area contributed by atoms with Crippen molar-refractivity contribution in [3.05, 3.63) is 0 Å². The monoisotopic (exact) mass is 216 g/mol. The first kappa shape index (κ1) is 14.4. The highest BCUT2D eigenvalue weighted by Gasteiger charge is 2.17. The molecule has 0 fully saturated rings. The molecule has 0 aromatic heterocycles. The van der Waals surface area contributed by atoms with Crippen molar-refractivity contribution in [2.24, 2.45) is 0 Å². The Morgan fingerprint density at radius 1 is 1.27 bits per heavy atom. The molecule has 0 radical (unpaired) electrons. The van der Waals surface area contributed by atoms with E-state index >= 15 is 0 Å². The van der Waals surface area contributed by atoms with Gasteiger partial charge in [0.15, 0.2) is 0 Å². The molecule has 4 nitrogen and oxygen atoms in total. The number of nitrogens with zero attached hydrogens (tertiary/aromatic N) is 1. The molecule has 0 bridgehead atoms. The minimum Gasteiger partial charge on any atom is -0.356 e. The second kappa shape index (κ2) is 6.80. The van der Waals surface area contributed by atoms with Gasteiger partial charge in [-0.2, -0.15) is 5.06 Å². The maximum atomic E-state index is 10.6. The average molecular weight is 216 g/mol. The van der Waals surface area contributed by atoms with Gasteiger partial charge >= 0.3 is 0 Å². The van der Waals surface area contributed by atoms with Crippen LogP contribution in [-0.4, -0.2) is 34.8 Å². The van der Waals surface area contributed by atoms with Gasteiger partial charge in [-0.1, -0.05) is 6.42 Å². The molecule has 2 N–H and O–H groups in total. The molecule has 4 heteroatoms. The van der Waals surface area contributed by atoms with Gasteiger partial charge in [-0.05, 0) is 33.6 Å². The van der Waals surface area contributed by atoms with E-state index in [1.54, 1.807) is 0 Å². The van der Waals surface area contributed by atoms with Crippen LogP contribution in [0.1, 0.15) is 47.0 Å². The standard InChI is InChI=1S/C11H24N2O2/c1-10(14)12-8-6-5-7-9-13(15)11(2,3)4/h15H,5-9H2,1-4H3,(H,12,14). The summed E-state index contributed by atoms with van der Waals surface area (Å²) in [5.41, 5.74) is -0.183. The maximum Gasteiger partial charge on any atom is 0.216 e. The van der Waals surface area contributed by atoms with Crippen molar-refractivity contribution in [1.29, 1.82) is 0 Å². The Kier molecular flexibility index (Phi) is 6.52. The molecule has 0 unspecified atom stereocenters. The summed E-state index contributed by atoms with van der Waals surface area (Å²) in [5, 5.41) is 13.7. The Morgan fingerprint density at radius 2 is 1.87 bits per heavy atom. The summed E-state index contributed by atoms with van der Waals surface area (Å²) in [7, 11) is 0. The Labute approximate surface area is 92.6 Å². The third kappa shape index (κ3) is 8.39. The predicted molar refractivity (Wildman–Crippen MR) is 60.8 cm³/mol. The van der Waals surface area contributed by atoms with Gasteiger partial charge in [-0.15, -0.1) is 0 Å². The summed E-state index contributed by atoms with van der Waals surface area (Å²) in [6.45, 7) is 8.87. The lowest BCUT2D eigenvalue weighted by Crippen LogP contribution is -2.39. The second-order valence-electron chi connectivity index (χ2n) is 4.84. The number of hydrogen-bond donors (Lipinski definition) is 2. The van der Waals surface area contributed by atoms with E-state index < -0.39 is 0 Å². The quantitative estimate of drug-likeness (QED) is 0.525. The molecule has 0 aromatic carbocycles. The van der Waals surface area contributed by atoms with Crippen molar-refractivity contribution >= 4 is 5.91 Å². The molecule has 0 aliphatic rings. The van der Waals surface area contributed by atoms with Crippen molar-refractivity contribution < 1.29 is 10.0 Å². The smallest absolute Gasteiger partial charge is 0.216 e. The molecule has 0 aliphatic heterocycles. The third-order valence-corrected chi connectivity index (χ3v) is 2.19. The van der Waals surface area contributed by atoms with Gasteiger partial charge in [-0.25, -0.2) is 0 Å². The van der Waals surface area contributed by atoms with Crippen LogP contribution in [0, 0.1) is 0 Å². The minimum atomic E-state index is -0.183. The van der Waals surface area contributed by atoms with Gasteiger partial charge in [-0.3, -0.25) is 4.79 Å². The van der Waals surface area contributed by atoms with E-state index in [1.165, 1.54) is 12.0 Å². The Bertz CT molecular complexity index is 188. The van der Waals surface area contributed by atoms with Gasteiger partial charge in [0.05, 0.1) is 0 Å². The highest BCUT2D eigenvalue weighted by Crippen LogP contribution is 2.10. The molecule has 15 heavy (non-hydrogen) atoms. The fourth-order valence-corrected chi connectivity index (χ4v) is 1.16. The fourth-order valence-electron chi connectivity index (χ4n) is 1.16. The molecule has 0 atom stereocenters. The maximum absolute atomic E-state index is 10.6. The number of nitrogens with one attached hydrogen (secondary N) is 1. The van der Waals surface area contributed by atoms with E-state index in [1.807, 2.05) is 20.8 Å². The second-order valence-corrected chi connectivity index (χ2v) is 4.84. The van der Waals surface area contributed by atoms with Crippen LogP contribution in [0.25, 0.3) is 0 Å². The zero-order chi connectivity index (χ0) is 11.9. The van der Waals surface area contributed by atoms with Crippen molar-refractivity contribution in [2.45, 2.75) is 52.5 Å². The van der Waals surface area contributed by atoms with Crippen LogP contribution >= 0.6 is 0 Å². The summed E-state index contributed by atoms with van der Waals surface area (Å²) in [5.74, 6) is 0.0217. The summed E-state index contributed by atoms with van der Waals surface area (Å²) >= 11 is 0. The van der Waals surface area contributed by atoms with E-state index in [0.717, 1.165) is 25.8 Å². The first-order chi connectivity index (χ1) is 6.84. The molecular weight excluding hydrogens is 192 g/mol. The largest absolute Gasteiger partial charge is 0.356 e. The average Bonchev–Trinajstić information content (AvgIpc) is 2.08. The van der Waals surface area contributed by atoms with Crippen molar-refractivity contribution in [3.8, 4) is 0 Å². The first-order valence-electron chi connectivity index (χ1n) is 5.55. The zero-order valence-corrected chi connectivity index (χ0v) is 10.3. The molecular formula is C11H24N2O2. The summed E-state index contributed by atoms with van der Waals surface area (Å²) in [6, 6.07) is 0. The van der Waals surface area contributed by atoms with Crippen molar-refractivity contribution in [3.63, 3.8) is 0 Å². The van der Waals surface area contributed by atoms with E-state index in [-0.39, 0.29) is 11.4 Å². The normalized spacial score (nSPS) is 11.9. The summed E-state index contributed by atoms with van der Waals surface area (Å²) < 4.78 is 0. The van der Waals surface area contributed by atoms with Crippen LogP contribution in [0.15, 0.2) is 0 Å². The van der Waals surface area contributed by atoms with Gasteiger partial charge in [0, 0.05) is 25.6 Å². The predicted octanol–water partition coefficient (Wildman–Crippen LogP) is 1.78. The van der Waals surface area contributed by atoms with Crippen LogP contribution in [-0.2, 0) is 4.79 Å². The molecule has 1 amide bonds. The van der Waals surface area contributed by atoms with Crippen LogP contribution in [0.5, 0.6) is 0 Å². The lowest BCUT2D eigenvalue weighted by Gasteiger charge is -2.29. The fraction of sp³-hybridized carbons (Fsp3) is 0.909. The molecule has 0 saturated heterocycles. The van der Waals surface area contributed by atoms with Gasteiger partial charge in [0.25, 0.3) is 0 Å². The van der Waals surface area contributed by atoms with Crippen LogP contribution in [0.3, 0.4) is 0 Å². The number of amides is 1. The minimum absolute atomic E-state index is 0.0217. The van der Waals surface area contributed by atoms with E-state index in [4.69, 9.17) is 0 Å². The number of carbonyl (C=O) groups excluding carboxylic acids is 1. The molecule has 0 aromatic rings. The third-order valence-electron chi connectivity index (χ3n) is 2.19. The van der Waals surface area contributed by atoms with Crippen molar-refractivity contribution in [2.75, 3.05) is 13.1 Å². The Hall–Kier alpha value is -0.610. The van der Waals surface area contributed by atoms with Gasteiger partial charge in [0.1, 0.15) is 0 Å². The molecule has 90 valence electrons. The van der Waals surface area contributed by atoms with E-state index in [9.17, 15) is 10.0 Å². The number of rotatable bonds is 6. The molecule has 0 spiro atoms. The highest BCUT2D eigenvalue weighted by atomic mass is 16.5. The number of unbranched alkanes of at least 4 members (excludes halogenated alkanes) is 2. The Morgan fingerprint density at radius 3 is 2.33 bits per heavy atom. The van der Waals surface area contributed by atoms with Crippen LogP contribution in [0.4, 0.5) is 0 Å². The zero-order valence-electron chi connectivity index (χ0n) is 10.3. The topological polar surface area (TPSA) is 52.6 Å². The van der Waals surface area contributed by atoms with Crippen molar-refractivity contribution in [1.82, 2.24) is 10.4 Å². The number of carbonyl (C=O) groups is 1. The van der Waals surface area contributed by atoms with Crippen LogP contribution < -0.4 is 5.32 Å². The molecule has 0 saturated carbocycles. The lowest BCUT2D eigenvalue weighted by atomic mass is 10.1. The summed E-state index contributed by atoms with van der Waals surface area (Å²) in [4.78, 5) is 10.6. The molecule has 0 heterocycles. The molecule has 0 rings (SSSR count). The molecule has 0 aliphatic carbocycles.